The van der Waals surface area contributed by atoms with Crippen molar-refractivity contribution in [3.63, 3.8) is 0 Å². The molecule has 1 fully saturated rings. The number of rotatable bonds is 7. The standard InChI is InChI=1S/C28H27N5O4/c1-30(28(34)22-12-13-25(26(18-22)33(35)36)31-14-16-37-17-15-31)19-23-20-32(24-10-6-3-7-11-24)29-27(23)21-8-4-2-5-9-21/h2-13,18,20H,14-17,19H2,1H3. The summed E-state index contributed by atoms with van der Waals surface area (Å²) in [6.07, 6.45) is 1.92. The number of amides is 1. The third kappa shape index (κ3) is 5.22. The molecule has 1 amide bonds. The van der Waals surface area contributed by atoms with Crippen molar-refractivity contribution in [2.24, 2.45) is 0 Å². The SMILES string of the molecule is CN(Cc1cn(-c2ccccc2)nc1-c1ccccc1)C(=O)c1ccc(N2CCOCC2)c([N+](=O)[O-])c1. The molecule has 3 aromatic carbocycles. The number of hydrogen-bond donors (Lipinski definition) is 0. The maximum atomic E-state index is 13.4. The van der Waals surface area contributed by atoms with E-state index in [0.717, 1.165) is 22.5 Å². The maximum Gasteiger partial charge on any atom is 0.293 e. The minimum absolute atomic E-state index is 0.0805. The van der Waals surface area contributed by atoms with Gasteiger partial charge in [0.15, 0.2) is 0 Å². The molecule has 0 aliphatic carbocycles. The highest BCUT2D eigenvalue weighted by Gasteiger charge is 2.25. The molecule has 0 radical (unpaired) electrons. The summed E-state index contributed by atoms with van der Waals surface area (Å²) in [5.41, 5.74) is 4.19. The second-order valence-corrected chi connectivity index (χ2v) is 8.87. The highest BCUT2D eigenvalue weighted by atomic mass is 16.6. The van der Waals surface area contributed by atoms with Crippen molar-refractivity contribution >= 4 is 17.3 Å². The number of nitro benzene ring substituents is 1. The smallest absolute Gasteiger partial charge is 0.293 e. The van der Waals surface area contributed by atoms with Crippen LogP contribution in [0.25, 0.3) is 16.9 Å². The maximum absolute atomic E-state index is 13.4. The van der Waals surface area contributed by atoms with Crippen LogP contribution in [0.2, 0.25) is 0 Å². The number of carbonyl (C=O) groups excluding carboxylic acids is 1. The zero-order valence-corrected chi connectivity index (χ0v) is 20.5. The Balaban J connectivity index is 1.43. The topological polar surface area (TPSA) is 93.7 Å². The third-order valence-electron chi connectivity index (χ3n) is 6.38. The Kier molecular flexibility index (Phi) is 6.96. The summed E-state index contributed by atoms with van der Waals surface area (Å²) in [5.74, 6) is -0.303. The summed E-state index contributed by atoms with van der Waals surface area (Å²) in [4.78, 5) is 28.3. The lowest BCUT2D eigenvalue weighted by Crippen LogP contribution is -2.36. The number of morpholine rings is 1. The Hall–Kier alpha value is -4.50. The fourth-order valence-electron chi connectivity index (χ4n) is 4.50. The van der Waals surface area contributed by atoms with E-state index in [-0.39, 0.29) is 23.7 Å². The molecule has 0 atom stereocenters. The van der Waals surface area contributed by atoms with Crippen LogP contribution in [0, 0.1) is 10.1 Å². The molecule has 4 aromatic rings. The molecule has 1 aliphatic rings. The lowest BCUT2D eigenvalue weighted by Gasteiger charge is -2.28. The van der Waals surface area contributed by atoms with Gasteiger partial charge in [-0.3, -0.25) is 14.9 Å². The molecule has 1 saturated heterocycles. The summed E-state index contributed by atoms with van der Waals surface area (Å²) in [5, 5.41) is 16.7. The van der Waals surface area contributed by atoms with Gasteiger partial charge in [-0.25, -0.2) is 4.68 Å². The van der Waals surface area contributed by atoms with Crippen LogP contribution in [0.15, 0.2) is 85.1 Å². The first-order chi connectivity index (χ1) is 18.0. The van der Waals surface area contributed by atoms with E-state index >= 15 is 0 Å². The number of benzene rings is 3. The minimum Gasteiger partial charge on any atom is -0.378 e. The Bertz CT molecular complexity index is 1400. The lowest BCUT2D eigenvalue weighted by atomic mass is 10.1. The second-order valence-electron chi connectivity index (χ2n) is 8.87. The van der Waals surface area contributed by atoms with Gasteiger partial charge in [0.25, 0.3) is 11.6 Å². The van der Waals surface area contributed by atoms with E-state index in [1.165, 1.54) is 6.07 Å². The van der Waals surface area contributed by atoms with Crippen molar-refractivity contribution < 1.29 is 14.5 Å². The van der Waals surface area contributed by atoms with Gasteiger partial charge in [-0.05, 0) is 24.3 Å². The van der Waals surface area contributed by atoms with Gasteiger partial charge in [-0.1, -0.05) is 48.5 Å². The number of aromatic nitrogens is 2. The Labute approximate surface area is 214 Å². The molecule has 9 nitrogen and oxygen atoms in total. The van der Waals surface area contributed by atoms with Crippen molar-refractivity contribution in [2.75, 3.05) is 38.3 Å². The fraction of sp³-hybridized carbons (Fsp3) is 0.214. The van der Waals surface area contributed by atoms with Crippen LogP contribution in [-0.4, -0.2) is 58.9 Å². The highest BCUT2D eigenvalue weighted by Crippen LogP contribution is 2.31. The molecule has 0 spiro atoms. The van der Waals surface area contributed by atoms with Crippen molar-refractivity contribution in [3.05, 3.63) is 106 Å². The highest BCUT2D eigenvalue weighted by molar-refractivity contribution is 5.95. The van der Waals surface area contributed by atoms with Crippen LogP contribution in [-0.2, 0) is 11.3 Å². The van der Waals surface area contributed by atoms with Crippen molar-refractivity contribution in [1.82, 2.24) is 14.7 Å². The van der Waals surface area contributed by atoms with E-state index in [9.17, 15) is 14.9 Å². The van der Waals surface area contributed by atoms with Crippen molar-refractivity contribution in [3.8, 4) is 16.9 Å². The molecular formula is C28H27N5O4. The second kappa shape index (κ2) is 10.6. The van der Waals surface area contributed by atoms with E-state index < -0.39 is 4.92 Å². The summed E-state index contributed by atoms with van der Waals surface area (Å²) in [6, 6.07) is 24.3. The van der Waals surface area contributed by atoms with Gasteiger partial charge in [-0.15, -0.1) is 0 Å². The predicted octanol–water partition coefficient (Wildman–Crippen LogP) is 4.56. The zero-order valence-electron chi connectivity index (χ0n) is 20.5. The largest absolute Gasteiger partial charge is 0.378 e. The first-order valence-corrected chi connectivity index (χ1v) is 12.1. The molecule has 5 rings (SSSR count). The van der Waals surface area contributed by atoms with Gasteiger partial charge in [0.05, 0.1) is 29.5 Å². The van der Waals surface area contributed by atoms with E-state index in [4.69, 9.17) is 9.84 Å². The predicted molar refractivity (Wildman–Crippen MR) is 141 cm³/mol. The number of carbonyl (C=O) groups is 1. The molecule has 0 N–H and O–H groups in total. The molecule has 0 unspecified atom stereocenters. The van der Waals surface area contributed by atoms with Crippen LogP contribution < -0.4 is 4.90 Å². The molecule has 1 aliphatic heterocycles. The number of anilines is 1. The van der Waals surface area contributed by atoms with E-state index in [1.54, 1.807) is 28.8 Å². The first kappa shape index (κ1) is 24.2. The number of ether oxygens (including phenoxy) is 1. The van der Waals surface area contributed by atoms with Gasteiger partial charge in [0.1, 0.15) is 5.69 Å². The van der Waals surface area contributed by atoms with Crippen LogP contribution in [0.3, 0.4) is 0 Å². The molecule has 0 bridgehead atoms. The average Bonchev–Trinajstić information content (AvgIpc) is 3.37. The van der Waals surface area contributed by atoms with Gasteiger partial charge < -0.3 is 14.5 Å². The molecule has 188 valence electrons. The summed E-state index contributed by atoms with van der Waals surface area (Å²) < 4.78 is 7.17. The van der Waals surface area contributed by atoms with Crippen LogP contribution in [0.5, 0.6) is 0 Å². The summed E-state index contributed by atoms with van der Waals surface area (Å²) in [7, 11) is 1.69. The molecule has 9 heteroatoms. The molecule has 0 saturated carbocycles. The Morgan fingerprint density at radius 2 is 1.70 bits per heavy atom. The normalized spacial score (nSPS) is 13.4. The van der Waals surface area contributed by atoms with Crippen molar-refractivity contribution in [1.29, 1.82) is 0 Å². The first-order valence-electron chi connectivity index (χ1n) is 12.1. The zero-order chi connectivity index (χ0) is 25.8. The molecule has 2 heterocycles. The fourth-order valence-corrected chi connectivity index (χ4v) is 4.50. The van der Waals surface area contributed by atoms with Gasteiger partial charge in [-0.2, -0.15) is 5.10 Å². The lowest BCUT2D eigenvalue weighted by molar-refractivity contribution is -0.384. The van der Waals surface area contributed by atoms with Crippen LogP contribution in [0.4, 0.5) is 11.4 Å². The van der Waals surface area contributed by atoms with Crippen LogP contribution in [0.1, 0.15) is 15.9 Å². The van der Waals surface area contributed by atoms with Gasteiger partial charge in [0, 0.05) is 55.6 Å². The van der Waals surface area contributed by atoms with Crippen molar-refractivity contribution in [2.45, 2.75) is 6.54 Å². The summed E-state index contributed by atoms with van der Waals surface area (Å²) >= 11 is 0. The number of nitrogens with zero attached hydrogens (tertiary/aromatic N) is 5. The average molecular weight is 498 g/mol. The number of hydrogen-bond acceptors (Lipinski definition) is 6. The summed E-state index contributed by atoms with van der Waals surface area (Å²) in [6.45, 7) is 2.46. The van der Waals surface area contributed by atoms with E-state index in [1.807, 2.05) is 71.8 Å². The monoisotopic (exact) mass is 497 g/mol. The molecule has 1 aromatic heterocycles. The number of para-hydroxylation sites is 1. The minimum atomic E-state index is -0.432. The quantitative estimate of drug-likeness (QED) is 0.275. The van der Waals surface area contributed by atoms with Gasteiger partial charge >= 0.3 is 0 Å². The Morgan fingerprint density at radius 1 is 1.03 bits per heavy atom. The molecule has 37 heavy (non-hydrogen) atoms. The van der Waals surface area contributed by atoms with Crippen LogP contribution >= 0.6 is 0 Å². The van der Waals surface area contributed by atoms with E-state index in [2.05, 4.69) is 0 Å². The third-order valence-corrected chi connectivity index (χ3v) is 6.38. The number of nitro groups is 1. The Morgan fingerprint density at radius 3 is 2.38 bits per heavy atom. The molecular weight excluding hydrogens is 470 g/mol. The van der Waals surface area contributed by atoms with E-state index in [0.29, 0.717) is 32.0 Å². The van der Waals surface area contributed by atoms with Gasteiger partial charge in [0.2, 0.25) is 0 Å².